The predicted octanol–water partition coefficient (Wildman–Crippen LogP) is 1.65. The van der Waals surface area contributed by atoms with Crippen molar-refractivity contribution in [2.75, 3.05) is 31.3 Å². The molecule has 3 nitrogen and oxygen atoms in total. The molecule has 6 heteroatoms. The van der Waals surface area contributed by atoms with E-state index in [4.69, 9.17) is 15.6 Å². The van der Waals surface area contributed by atoms with Crippen molar-refractivity contribution in [1.82, 2.24) is 0 Å². The molecule has 0 saturated heterocycles. The highest BCUT2D eigenvalue weighted by atomic mass is 32.2. The van der Waals surface area contributed by atoms with Gasteiger partial charge in [-0.1, -0.05) is 0 Å². The molecular formula is C10H13F2NO2S. The lowest BCUT2D eigenvalue weighted by Gasteiger charge is -2.06. The summed E-state index contributed by atoms with van der Waals surface area (Å²) < 4.78 is 31.5. The maximum absolute atomic E-state index is 13.3. The van der Waals surface area contributed by atoms with Crippen molar-refractivity contribution in [3.63, 3.8) is 0 Å². The van der Waals surface area contributed by atoms with E-state index in [-0.39, 0.29) is 23.8 Å². The first-order chi connectivity index (χ1) is 7.65. The summed E-state index contributed by atoms with van der Waals surface area (Å²) in [4.78, 5) is -0.0539. The number of nitrogen functional groups attached to an aromatic ring is 1. The fraction of sp³-hybridized carbons (Fsp3) is 0.400. The summed E-state index contributed by atoms with van der Waals surface area (Å²) in [5.41, 5.74) is 5.35. The number of hydrogen-bond donors (Lipinski definition) is 2. The number of aliphatic hydroxyl groups is 1. The van der Waals surface area contributed by atoms with E-state index in [9.17, 15) is 8.78 Å². The number of halogens is 2. The van der Waals surface area contributed by atoms with Crippen LogP contribution in [0.15, 0.2) is 17.0 Å². The molecule has 0 unspecified atom stereocenters. The summed E-state index contributed by atoms with van der Waals surface area (Å²) >= 11 is 1.02. The molecule has 1 aromatic rings. The van der Waals surface area contributed by atoms with E-state index in [1.54, 1.807) is 0 Å². The van der Waals surface area contributed by atoms with E-state index >= 15 is 0 Å². The molecular weight excluding hydrogens is 236 g/mol. The van der Waals surface area contributed by atoms with Gasteiger partial charge in [-0.2, -0.15) is 0 Å². The van der Waals surface area contributed by atoms with E-state index in [1.807, 2.05) is 0 Å². The summed E-state index contributed by atoms with van der Waals surface area (Å²) in [6.45, 7) is 0.497. The fourth-order valence-electron chi connectivity index (χ4n) is 1.09. The van der Waals surface area contributed by atoms with Crippen molar-refractivity contribution in [2.45, 2.75) is 4.90 Å². The van der Waals surface area contributed by atoms with Crippen LogP contribution in [0.5, 0.6) is 0 Å². The van der Waals surface area contributed by atoms with Crippen molar-refractivity contribution in [3.8, 4) is 0 Å². The molecule has 0 aromatic heterocycles. The van der Waals surface area contributed by atoms with Gasteiger partial charge in [0.1, 0.15) is 11.6 Å². The minimum Gasteiger partial charge on any atom is -0.399 e. The van der Waals surface area contributed by atoms with Crippen LogP contribution in [-0.4, -0.2) is 30.7 Å². The molecule has 3 N–H and O–H groups in total. The standard InChI is InChI=1S/C10H13F2NO2S/c11-8-5-7(13)6-9(12)10(8)16-4-3-15-2-1-14/h5-6,14H,1-4,13H2. The molecule has 1 aromatic carbocycles. The Kier molecular flexibility index (Phi) is 5.51. The van der Waals surface area contributed by atoms with Gasteiger partial charge in [0.25, 0.3) is 0 Å². The van der Waals surface area contributed by atoms with E-state index < -0.39 is 11.6 Å². The number of nitrogens with two attached hydrogens (primary N) is 1. The van der Waals surface area contributed by atoms with Crippen molar-refractivity contribution < 1.29 is 18.6 Å². The molecule has 0 saturated carbocycles. The Bertz CT molecular complexity index is 327. The van der Waals surface area contributed by atoms with Gasteiger partial charge in [-0.05, 0) is 12.1 Å². The second-order valence-corrected chi connectivity index (χ2v) is 4.10. The highest BCUT2D eigenvalue weighted by Gasteiger charge is 2.10. The molecule has 0 amide bonds. The topological polar surface area (TPSA) is 55.5 Å². The Labute approximate surface area is 96.6 Å². The molecule has 0 fully saturated rings. The number of aliphatic hydroxyl groups excluding tert-OH is 1. The Hall–Kier alpha value is -0.850. The Balaban J connectivity index is 2.47. The van der Waals surface area contributed by atoms with Crippen molar-refractivity contribution in [2.24, 2.45) is 0 Å². The molecule has 0 atom stereocenters. The monoisotopic (exact) mass is 249 g/mol. The lowest BCUT2D eigenvalue weighted by atomic mass is 10.3. The third kappa shape index (κ3) is 3.96. The SMILES string of the molecule is Nc1cc(F)c(SCCOCCO)c(F)c1. The maximum atomic E-state index is 13.3. The van der Waals surface area contributed by atoms with Crippen molar-refractivity contribution >= 4 is 17.4 Å². The second kappa shape index (κ2) is 6.67. The zero-order valence-corrected chi connectivity index (χ0v) is 9.40. The number of benzene rings is 1. The number of hydrogen-bond acceptors (Lipinski definition) is 4. The number of anilines is 1. The number of rotatable bonds is 6. The van der Waals surface area contributed by atoms with E-state index in [2.05, 4.69) is 0 Å². The number of thioether (sulfide) groups is 1. The third-order valence-corrected chi connectivity index (χ3v) is 2.78. The zero-order chi connectivity index (χ0) is 12.0. The molecule has 0 aliphatic rings. The average Bonchev–Trinajstić information content (AvgIpc) is 2.20. The molecule has 0 spiro atoms. The van der Waals surface area contributed by atoms with Crippen molar-refractivity contribution in [3.05, 3.63) is 23.8 Å². The third-order valence-electron chi connectivity index (χ3n) is 1.73. The van der Waals surface area contributed by atoms with Crippen LogP contribution < -0.4 is 5.73 Å². The summed E-state index contributed by atoms with van der Waals surface area (Å²) in [5, 5.41) is 8.44. The predicted molar refractivity (Wildman–Crippen MR) is 59.4 cm³/mol. The first-order valence-electron chi connectivity index (χ1n) is 4.71. The van der Waals surface area contributed by atoms with Crippen LogP contribution in [0, 0.1) is 11.6 Å². The molecule has 90 valence electrons. The van der Waals surface area contributed by atoms with Crippen LogP contribution in [0.2, 0.25) is 0 Å². The largest absolute Gasteiger partial charge is 0.399 e. The maximum Gasteiger partial charge on any atom is 0.141 e. The lowest BCUT2D eigenvalue weighted by Crippen LogP contribution is -2.03. The number of ether oxygens (including phenoxy) is 1. The molecule has 0 aliphatic carbocycles. The zero-order valence-electron chi connectivity index (χ0n) is 8.58. The van der Waals surface area contributed by atoms with Crippen LogP contribution in [0.4, 0.5) is 14.5 Å². The molecule has 0 bridgehead atoms. The second-order valence-electron chi connectivity index (χ2n) is 3.00. The van der Waals surface area contributed by atoms with Gasteiger partial charge in [-0.3, -0.25) is 0 Å². The highest BCUT2D eigenvalue weighted by molar-refractivity contribution is 7.99. The van der Waals surface area contributed by atoms with Crippen LogP contribution in [-0.2, 0) is 4.74 Å². The summed E-state index contributed by atoms with van der Waals surface area (Å²) in [7, 11) is 0. The van der Waals surface area contributed by atoms with Gasteiger partial charge in [-0.15, -0.1) is 11.8 Å². The Morgan fingerprint density at radius 3 is 2.44 bits per heavy atom. The smallest absolute Gasteiger partial charge is 0.141 e. The molecule has 0 aliphatic heterocycles. The lowest BCUT2D eigenvalue weighted by molar-refractivity contribution is 0.103. The molecule has 0 radical (unpaired) electrons. The minimum absolute atomic E-state index is 0.0539. The van der Waals surface area contributed by atoms with Gasteiger partial charge in [-0.25, -0.2) is 8.78 Å². The first kappa shape index (κ1) is 13.2. The van der Waals surface area contributed by atoms with Gasteiger partial charge >= 0.3 is 0 Å². The fourth-order valence-corrected chi connectivity index (χ4v) is 1.89. The Morgan fingerprint density at radius 1 is 1.25 bits per heavy atom. The van der Waals surface area contributed by atoms with Crippen LogP contribution in [0.3, 0.4) is 0 Å². The van der Waals surface area contributed by atoms with Gasteiger partial charge < -0.3 is 15.6 Å². The summed E-state index contributed by atoms with van der Waals surface area (Å²) in [6, 6.07) is 2.17. The average molecular weight is 249 g/mol. The quantitative estimate of drug-likeness (QED) is 0.457. The summed E-state index contributed by atoms with van der Waals surface area (Å²) in [5.74, 6) is -0.910. The van der Waals surface area contributed by atoms with Crippen LogP contribution >= 0.6 is 11.8 Å². The Morgan fingerprint density at radius 2 is 1.88 bits per heavy atom. The normalized spacial score (nSPS) is 10.7. The minimum atomic E-state index is -0.662. The van der Waals surface area contributed by atoms with Crippen LogP contribution in [0.25, 0.3) is 0 Å². The van der Waals surface area contributed by atoms with Gasteiger partial charge in [0.15, 0.2) is 0 Å². The van der Waals surface area contributed by atoms with Gasteiger partial charge in [0.05, 0.1) is 24.7 Å². The molecule has 16 heavy (non-hydrogen) atoms. The van der Waals surface area contributed by atoms with E-state index in [1.165, 1.54) is 0 Å². The van der Waals surface area contributed by atoms with Gasteiger partial charge in [0.2, 0.25) is 0 Å². The summed E-state index contributed by atoms with van der Waals surface area (Å²) in [6.07, 6.45) is 0. The van der Waals surface area contributed by atoms with Crippen LogP contribution in [0.1, 0.15) is 0 Å². The highest BCUT2D eigenvalue weighted by Crippen LogP contribution is 2.26. The van der Waals surface area contributed by atoms with E-state index in [0.717, 1.165) is 23.9 Å². The molecule has 0 heterocycles. The molecule has 1 rings (SSSR count). The van der Waals surface area contributed by atoms with Gasteiger partial charge in [0, 0.05) is 11.4 Å². The van der Waals surface area contributed by atoms with E-state index in [0.29, 0.717) is 12.4 Å². The van der Waals surface area contributed by atoms with Crippen molar-refractivity contribution in [1.29, 1.82) is 0 Å². The first-order valence-corrected chi connectivity index (χ1v) is 5.69.